The summed E-state index contributed by atoms with van der Waals surface area (Å²) in [7, 11) is 3.12. The van der Waals surface area contributed by atoms with Gasteiger partial charge < -0.3 is 19.5 Å². The third-order valence-corrected chi connectivity index (χ3v) is 7.22. The van der Waals surface area contributed by atoms with Gasteiger partial charge in [0.25, 0.3) is 0 Å². The molecule has 2 aliphatic rings. The van der Waals surface area contributed by atoms with Crippen LogP contribution in [0.2, 0.25) is 0 Å². The predicted molar refractivity (Wildman–Crippen MR) is 131 cm³/mol. The summed E-state index contributed by atoms with van der Waals surface area (Å²) in [5, 5.41) is 3.56. The first-order valence-electron chi connectivity index (χ1n) is 11.7. The number of aromatic nitrogens is 2. The quantitative estimate of drug-likeness (QED) is 0.424. The maximum absolute atomic E-state index is 12.9. The van der Waals surface area contributed by atoms with Crippen molar-refractivity contribution in [3.8, 4) is 11.5 Å². The summed E-state index contributed by atoms with van der Waals surface area (Å²) in [6, 6.07) is 5.23. The third kappa shape index (κ3) is 5.92. The first-order chi connectivity index (χ1) is 16.6. The van der Waals surface area contributed by atoms with Gasteiger partial charge in [-0.1, -0.05) is 11.8 Å². The number of ether oxygens (including phenoxy) is 3. The molecule has 184 valence electrons. The van der Waals surface area contributed by atoms with E-state index in [1.165, 1.54) is 11.8 Å². The number of carbonyl (C=O) groups excluding carboxylic acids is 1. The number of morpholine rings is 1. The summed E-state index contributed by atoms with van der Waals surface area (Å²) in [4.78, 5) is 32.2. The Kier molecular flexibility index (Phi) is 8.47. The molecule has 9 nitrogen and oxygen atoms in total. The first kappa shape index (κ1) is 24.6. The number of nitrogens with zero attached hydrogens (tertiary/aromatic N) is 3. The molecule has 1 aliphatic heterocycles. The van der Waals surface area contributed by atoms with Crippen LogP contribution in [0.4, 0.5) is 5.69 Å². The zero-order chi connectivity index (χ0) is 23.9. The van der Waals surface area contributed by atoms with Gasteiger partial charge in [0.05, 0.1) is 33.2 Å². The Bertz CT molecular complexity index is 1070. The van der Waals surface area contributed by atoms with Gasteiger partial charge in [-0.25, -0.2) is 4.79 Å². The van der Waals surface area contributed by atoms with Gasteiger partial charge in [0.15, 0.2) is 11.5 Å². The summed E-state index contributed by atoms with van der Waals surface area (Å²) < 4.78 is 17.8. The second-order valence-electron chi connectivity index (χ2n) is 8.34. The average molecular weight is 489 g/mol. The molecule has 0 spiro atoms. The van der Waals surface area contributed by atoms with Crippen LogP contribution in [0, 0.1) is 0 Å². The fourth-order valence-corrected chi connectivity index (χ4v) is 5.29. The Morgan fingerprint density at radius 3 is 2.65 bits per heavy atom. The molecular formula is C24H32N4O5S. The van der Waals surface area contributed by atoms with E-state index < -0.39 is 0 Å². The van der Waals surface area contributed by atoms with Crippen molar-refractivity contribution in [2.24, 2.45) is 0 Å². The summed E-state index contributed by atoms with van der Waals surface area (Å²) in [6.07, 6.45) is 3.90. The van der Waals surface area contributed by atoms with Crippen LogP contribution in [-0.2, 0) is 28.9 Å². The van der Waals surface area contributed by atoms with Gasteiger partial charge in [-0.2, -0.15) is 4.98 Å². The number of hydrogen-bond acceptors (Lipinski definition) is 8. The Labute approximate surface area is 203 Å². The van der Waals surface area contributed by atoms with Crippen molar-refractivity contribution in [1.82, 2.24) is 14.5 Å². The van der Waals surface area contributed by atoms with Crippen molar-refractivity contribution in [1.29, 1.82) is 0 Å². The van der Waals surface area contributed by atoms with Crippen molar-refractivity contribution in [3.05, 3.63) is 39.9 Å². The normalized spacial score (nSPS) is 16.1. The number of anilines is 1. The zero-order valence-electron chi connectivity index (χ0n) is 19.8. The lowest BCUT2D eigenvalue weighted by molar-refractivity contribution is -0.113. The van der Waals surface area contributed by atoms with E-state index in [1.54, 1.807) is 32.4 Å². The van der Waals surface area contributed by atoms with E-state index in [1.807, 2.05) is 4.57 Å². The van der Waals surface area contributed by atoms with Gasteiger partial charge >= 0.3 is 5.69 Å². The van der Waals surface area contributed by atoms with E-state index in [4.69, 9.17) is 14.2 Å². The average Bonchev–Trinajstić information content (AvgIpc) is 2.87. The first-order valence-corrected chi connectivity index (χ1v) is 12.6. The molecule has 1 fully saturated rings. The number of carbonyl (C=O) groups is 1. The molecule has 10 heteroatoms. The number of nitrogens with one attached hydrogen (secondary N) is 1. The molecule has 34 heavy (non-hydrogen) atoms. The molecule has 1 aromatic carbocycles. The summed E-state index contributed by atoms with van der Waals surface area (Å²) in [6.45, 7) is 4.73. The Morgan fingerprint density at radius 2 is 1.88 bits per heavy atom. The van der Waals surface area contributed by atoms with Crippen LogP contribution < -0.4 is 20.5 Å². The molecular weight excluding hydrogens is 456 g/mol. The SMILES string of the molecule is COc1ccc(NC(=O)CSc2nc(=O)n(CCN3CCOCC3)c3c2CCCC3)cc1OC. The highest BCUT2D eigenvalue weighted by Gasteiger charge is 2.22. The number of amides is 1. The largest absolute Gasteiger partial charge is 0.493 e. The highest BCUT2D eigenvalue weighted by molar-refractivity contribution is 8.00. The Morgan fingerprint density at radius 1 is 1.12 bits per heavy atom. The van der Waals surface area contributed by atoms with Crippen LogP contribution in [0.25, 0.3) is 0 Å². The lowest BCUT2D eigenvalue weighted by atomic mass is 9.97. The Balaban J connectivity index is 1.43. The van der Waals surface area contributed by atoms with E-state index in [0.717, 1.165) is 69.8 Å². The van der Waals surface area contributed by atoms with E-state index in [-0.39, 0.29) is 17.3 Å². The number of fused-ring (bicyclic) bond motifs is 1. The van der Waals surface area contributed by atoms with E-state index in [0.29, 0.717) is 28.8 Å². The lowest BCUT2D eigenvalue weighted by Gasteiger charge is -2.28. The van der Waals surface area contributed by atoms with Crippen molar-refractivity contribution < 1.29 is 19.0 Å². The molecule has 1 saturated heterocycles. The predicted octanol–water partition coefficient (Wildman–Crippen LogP) is 2.20. The smallest absolute Gasteiger partial charge is 0.348 e. The molecule has 1 aliphatic carbocycles. The standard InChI is InChI=1S/C24H32N4O5S/c1-31-20-8-7-17(15-21(20)32-2)25-22(29)16-34-23-18-5-3-4-6-19(18)28(24(30)26-23)10-9-27-11-13-33-14-12-27/h7-8,15H,3-6,9-14,16H2,1-2H3,(H,25,29). The van der Waals surface area contributed by atoms with Gasteiger partial charge in [-0.15, -0.1) is 0 Å². The van der Waals surface area contributed by atoms with Crippen molar-refractivity contribution >= 4 is 23.4 Å². The minimum absolute atomic E-state index is 0.167. The van der Waals surface area contributed by atoms with Crippen molar-refractivity contribution in [2.45, 2.75) is 37.3 Å². The minimum Gasteiger partial charge on any atom is -0.493 e. The minimum atomic E-state index is -0.225. The number of methoxy groups -OCH3 is 2. The van der Waals surface area contributed by atoms with Crippen LogP contribution >= 0.6 is 11.8 Å². The van der Waals surface area contributed by atoms with Crippen LogP contribution in [0.1, 0.15) is 24.1 Å². The van der Waals surface area contributed by atoms with Crippen LogP contribution in [0.15, 0.2) is 28.0 Å². The Hall–Kier alpha value is -2.56. The van der Waals surface area contributed by atoms with Gasteiger partial charge in [0, 0.05) is 49.2 Å². The molecule has 4 rings (SSSR count). The molecule has 0 saturated carbocycles. The zero-order valence-corrected chi connectivity index (χ0v) is 20.6. The molecule has 2 aromatic rings. The summed E-state index contributed by atoms with van der Waals surface area (Å²) in [5.41, 5.74) is 2.60. The maximum atomic E-state index is 12.9. The molecule has 2 heterocycles. The fraction of sp³-hybridized carbons (Fsp3) is 0.542. The van der Waals surface area contributed by atoms with E-state index in [9.17, 15) is 9.59 Å². The van der Waals surface area contributed by atoms with Crippen LogP contribution in [-0.4, -0.2) is 73.2 Å². The van der Waals surface area contributed by atoms with Crippen LogP contribution in [0.3, 0.4) is 0 Å². The second-order valence-corrected chi connectivity index (χ2v) is 9.31. The van der Waals surface area contributed by atoms with Crippen molar-refractivity contribution in [3.63, 3.8) is 0 Å². The molecule has 0 radical (unpaired) electrons. The topological polar surface area (TPSA) is 94.9 Å². The summed E-state index contributed by atoms with van der Waals surface area (Å²) >= 11 is 1.33. The molecule has 0 bridgehead atoms. The number of benzene rings is 1. The highest BCUT2D eigenvalue weighted by atomic mass is 32.2. The fourth-order valence-electron chi connectivity index (χ4n) is 4.41. The molecule has 1 aromatic heterocycles. The number of hydrogen-bond donors (Lipinski definition) is 1. The second kappa shape index (κ2) is 11.7. The highest BCUT2D eigenvalue weighted by Crippen LogP contribution is 2.31. The van der Waals surface area contributed by atoms with Crippen molar-refractivity contribution in [2.75, 3.05) is 58.1 Å². The molecule has 0 unspecified atom stereocenters. The van der Waals surface area contributed by atoms with E-state index in [2.05, 4.69) is 15.2 Å². The van der Waals surface area contributed by atoms with E-state index >= 15 is 0 Å². The monoisotopic (exact) mass is 488 g/mol. The molecule has 0 atom stereocenters. The number of thioether (sulfide) groups is 1. The lowest BCUT2D eigenvalue weighted by Crippen LogP contribution is -2.40. The maximum Gasteiger partial charge on any atom is 0.348 e. The van der Waals surface area contributed by atoms with Crippen LogP contribution in [0.5, 0.6) is 11.5 Å². The number of rotatable bonds is 9. The third-order valence-electron chi connectivity index (χ3n) is 6.20. The van der Waals surface area contributed by atoms with Gasteiger partial charge in [0.1, 0.15) is 5.03 Å². The van der Waals surface area contributed by atoms with Gasteiger partial charge in [0.2, 0.25) is 5.91 Å². The molecule has 1 amide bonds. The van der Waals surface area contributed by atoms with Gasteiger partial charge in [-0.3, -0.25) is 14.3 Å². The molecule has 1 N–H and O–H groups in total. The van der Waals surface area contributed by atoms with Gasteiger partial charge in [-0.05, 0) is 37.8 Å². The summed E-state index contributed by atoms with van der Waals surface area (Å²) in [5.74, 6) is 1.15.